The molecular weight excluding hydrogens is 265 g/mol. The second-order valence-corrected chi connectivity index (χ2v) is 5.71. The summed E-state index contributed by atoms with van der Waals surface area (Å²) in [6.45, 7) is 1.63. The van der Waals surface area contributed by atoms with Gasteiger partial charge in [0.15, 0.2) is 5.67 Å². The van der Waals surface area contributed by atoms with Gasteiger partial charge < -0.3 is 4.98 Å². The number of likely N-dealkylation sites (tertiary alicyclic amines) is 1. The number of nitrogens with zero attached hydrogens (tertiary/aromatic N) is 2. The van der Waals surface area contributed by atoms with E-state index in [2.05, 4.69) is 27.0 Å². The molecule has 2 aromatic heterocycles. The van der Waals surface area contributed by atoms with Crippen LogP contribution in [0.2, 0.25) is 0 Å². The number of aromatic nitrogens is 2. The van der Waals surface area contributed by atoms with E-state index in [-0.39, 0.29) is 0 Å². The van der Waals surface area contributed by atoms with Crippen LogP contribution < -0.4 is 0 Å². The van der Waals surface area contributed by atoms with Crippen LogP contribution in [0, 0.1) is 0 Å². The number of H-pyrrole nitrogens is 1. The number of para-hydroxylation sites is 1. The van der Waals surface area contributed by atoms with Crippen molar-refractivity contribution in [1.82, 2.24) is 14.9 Å². The highest BCUT2D eigenvalue weighted by Crippen LogP contribution is 2.37. The average molecular weight is 281 g/mol. The molecule has 1 fully saturated rings. The molecule has 0 spiro atoms. The van der Waals surface area contributed by atoms with Crippen LogP contribution in [0.5, 0.6) is 0 Å². The topological polar surface area (TPSA) is 31.9 Å². The fraction of sp³-hybridized carbons (Fsp3) is 0.235. The molecule has 4 heteroatoms. The number of nitrogens with one attached hydrogen (secondary N) is 1. The van der Waals surface area contributed by atoms with Crippen molar-refractivity contribution in [3.8, 4) is 0 Å². The molecule has 0 atom stereocenters. The van der Waals surface area contributed by atoms with Crippen molar-refractivity contribution < 1.29 is 4.39 Å². The second-order valence-electron chi connectivity index (χ2n) is 5.71. The van der Waals surface area contributed by atoms with E-state index in [4.69, 9.17) is 0 Å². The molecule has 3 aromatic rings. The highest BCUT2D eigenvalue weighted by molar-refractivity contribution is 5.82. The maximum absolute atomic E-state index is 14.7. The lowest BCUT2D eigenvalue weighted by atomic mass is 9.88. The zero-order valence-electron chi connectivity index (χ0n) is 11.6. The summed E-state index contributed by atoms with van der Waals surface area (Å²) in [5.74, 6) is 0. The summed E-state index contributed by atoms with van der Waals surface area (Å²) < 4.78 is 14.7. The standard InChI is InChI=1S/C17H16FN3/c18-17(14-4-3-7-19-9-14)11-21(12-17)10-13-8-20-16-6-2-1-5-15(13)16/h1-9,20H,10-12H2. The first-order valence-corrected chi connectivity index (χ1v) is 7.11. The number of pyridine rings is 1. The average Bonchev–Trinajstić information content (AvgIpc) is 2.90. The molecular formula is C17H16FN3. The first-order chi connectivity index (χ1) is 10.2. The smallest absolute Gasteiger partial charge is 0.162 e. The van der Waals surface area contributed by atoms with Gasteiger partial charge in [0.1, 0.15) is 0 Å². The summed E-state index contributed by atoms with van der Waals surface area (Å²) in [7, 11) is 0. The highest BCUT2D eigenvalue weighted by atomic mass is 19.1. The number of benzene rings is 1. The van der Waals surface area contributed by atoms with Gasteiger partial charge in [-0.3, -0.25) is 9.88 Å². The van der Waals surface area contributed by atoms with Crippen LogP contribution in [0.25, 0.3) is 10.9 Å². The lowest BCUT2D eigenvalue weighted by Crippen LogP contribution is -2.56. The Hall–Kier alpha value is -2.20. The number of fused-ring (bicyclic) bond motifs is 1. The van der Waals surface area contributed by atoms with Crippen LogP contribution in [0.3, 0.4) is 0 Å². The molecule has 0 radical (unpaired) electrons. The van der Waals surface area contributed by atoms with Gasteiger partial charge in [0, 0.05) is 54.7 Å². The molecule has 4 rings (SSSR count). The van der Waals surface area contributed by atoms with Crippen molar-refractivity contribution in [1.29, 1.82) is 0 Å². The van der Waals surface area contributed by atoms with Crippen molar-refractivity contribution in [2.24, 2.45) is 0 Å². The first-order valence-electron chi connectivity index (χ1n) is 7.11. The van der Waals surface area contributed by atoms with Crippen molar-refractivity contribution in [3.05, 3.63) is 66.1 Å². The van der Waals surface area contributed by atoms with Gasteiger partial charge in [-0.25, -0.2) is 4.39 Å². The van der Waals surface area contributed by atoms with Crippen LogP contribution in [-0.4, -0.2) is 28.0 Å². The maximum atomic E-state index is 14.7. The minimum Gasteiger partial charge on any atom is -0.361 e. The van der Waals surface area contributed by atoms with Crippen LogP contribution in [0.4, 0.5) is 4.39 Å². The van der Waals surface area contributed by atoms with Crippen molar-refractivity contribution >= 4 is 10.9 Å². The van der Waals surface area contributed by atoms with E-state index in [1.165, 1.54) is 10.9 Å². The van der Waals surface area contributed by atoms with E-state index in [1.807, 2.05) is 24.4 Å². The lowest BCUT2D eigenvalue weighted by molar-refractivity contribution is -0.0417. The van der Waals surface area contributed by atoms with E-state index in [0.29, 0.717) is 18.7 Å². The summed E-state index contributed by atoms with van der Waals surface area (Å²) in [5.41, 5.74) is 1.78. The van der Waals surface area contributed by atoms with Gasteiger partial charge >= 0.3 is 0 Å². The van der Waals surface area contributed by atoms with E-state index >= 15 is 0 Å². The Bertz CT molecular complexity index is 760. The van der Waals surface area contributed by atoms with E-state index in [9.17, 15) is 4.39 Å². The molecule has 106 valence electrons. The Morgan fingerprint density at radius 3 is 2.86 bits per heavy atom. The Morgan fingerprint density at radius 1 is 1.19 bits per heavy atom. The molecule has 3 nitrogen and oxygen atoms in total. The number of hydrogen-bond donors (Lipinski definition) is 1. The fourth-order valence-corrected chi connectivity index (χ4v) is 3.09. The van der Waals surface area contributed by atoms with E-state index < -0.39 is 5.67 Å². The van der Waals surface area contributed by atoms with E-state index in [0.717, 1.165) is 12.1 Å². The lowest BCUT2D eigenvalue weighted by Gasteiger charge is -2.44. The van der Waals surface area contributed by atoms with Crippen molar-refractivity contribution in [2.45, 2.75) is 12.2 Å². The Labute approximate surface area is 122 Å². The molecule has 0 saturated carbocycles. The third kappa shape index (κ3) is 2.12. The number of alkyl halides is 1. The van der Waals surface area contributed by atoms with Crippen molar-refractivity contribution in [3.63, 3.8) is 0 Å². The Morgan fingerprint density at radius 2 is 2.05 bits per heavy atom. The number of aromatic amines is 1. The fourth-order valence-electron chi connectivity index (χ4n) is 3.09. The highest BCUT2D eigenvalue weighted by Gasteiger charge is 2.45. The molecule has 1 aromatic carbocycles. The van der Waals surface area contributed by atoms with Gasteiger partial charge in [-0.15, -0.1) is 0 Å². The minimum atomic E-state index is -1.25. The SMILES string of the molecule is FC1(c2cccnc2)CN(Cc2c[nH]c3ccccc23)C1. The number of hydrogen-bond acceptors (Lipinski definition) is 2. The third-order valence-corrected chi connectivity index (χ3v) is 4.20. The van der Waals surface area contributed by atoms with Crippen LogP contribution in [-0.2, 0) is 12.2 Å². The molecule has 0 unspecified atom stereocenters. The number of rotatable bonds is 3. The zero-order valence-corrected chi connectivity index (χ0v) is 11.6. The third-order valence-electron chi connectivity index (χ3n) is 4.20. The molecule has 1 saturated heterocycles. The molecule has 1 aliphatic heterocycles. The Balaban J connectivity index is 1.49. The van der Waals surface area contributed by atoms with Crippen LogP contribution in [0.1, 0.15) is 11.1 Å². The summed E-state index contributed by atoms with van der Waals surface area (Å²) in [6, 6.07) is 11.8. The first kappa shape index (κ1) is 12.5. The monoisotopic (exact) mass is 281 g/mol. The number of halogens is 1. The van der Waals surface area contributed by atoms with Crippen molar-refractivity contribution in [2.75, 3.05) is 13.1 Å². The molecule has 3 heterocycles. The van der Waals surface area contributed by atoms with Gasteiger partial charge in [-0.05, 0) is 17.7 Å². The van der Waals surface area contributed by atoms with Crippen LogP contribution >= 0.6 is 0 Å². The van der Waals surface area contributed by atoms with Gasteiger partial charge in [-0.2, -0.15) is 0 Å². The summed E-state index contributed by atoms with van der Waals surface area (Å²) in [5, 5.41) is 1.22. The molecule has 21 heavy (non-hydrogen) atoms. The second kappa shape index (κ2) is 4.67. The normalized spacial score (nSPS) is 17.8. The summed E-state index contributed by atoms with van der Waals surface area (Å²) >= 11 is 0. The van der Waals surface area contributed by atoms with Gasteiger partial charge in [0.05, 0.1) is 0 Å². The quantitative estimate of drug-likeness (QED) is 0.799. The minimum absolute atomic E-state index is 0.429. The summed E-state index contributed by atoms with van der Waals surface area (Å²) in [4.78, 5) is 9.40. The molecule has 0 aliphatic carbocycles. The predicted octanol–water partition coefficient (Wildman–Crippen LogP) is 3.24. The largest absolute Gasteiger partial charge is 0.361 e. The van der Waals surface area contributed by atoms with Crippen LogP contribution in [0.15, 0.2) is 55.0 Å². The molecule has 1 aliphatic rings. The van der Waals surface area contributed by atoms with E-state index in [1.54, 1.807) is 18.5 Å². The maximum Gasteiger partial charge on any atom is 0.162 e. The van der Waals surface area contributed by atoms with Gasteiger partial charge in [0.2, 0.25) is 0 Å². The molecule has 0 amide bonds. The van der Waals surface area contributed by atoms with Gasteiger partial charge in [-0.1, -0.05) is 24.3 Å². The summed E-state index contributed by atoms with van der Waals surface area (Å²) in [6.07, 6.45) is 5.32. The van der Waals surface area contributed by atoms with Gasteiger partial charge in [0.25, 0.3) is 0 Å². The molecule has 1 N–H and O–H groups in total. The predicted molar refractivity (Wildman–Crippen MR) is 80.6 cm³/mol. The molecule has 0 bridgehead atoms. The zero-order chi connectivity index (χ0) is 14.3. The Kier molecular flexibility index (Phi) is 2.79.